The molecule has 0 bridgehead atoms. The Labute approximate surface area is 79.0 Å². The van der Waals surface area contributed by atoms with Gasteiger partial charge in [0.15, 0.2) is 5.75 Å². The molecule has 0 aliphatic carbocycles. The van der Waals surface area contributed by atoms with Crippen LogP contribution in [0, 0.1) is 10.1 Å². The number of hydrogen-bond donors (Lipinski definition) is 0. The predicted molar refractivity (Wildman–Crippen MR) is 47.4 cm³/mol. The van der Waals surface area contributed by atoms with Crippen molar-refractivity contribution in [3.8, 4) is 5.75 Å². The van der Waals surface area contributed by atoms with Gasteiger partial charge in [-0.05, 0) is 6.07 Å². The van der Waals surface area contributed by atoms with E-state index in [1.54, 1.807) is 0 Å². The number of nitrogens with zero attached hydrogens (tertiary/aromatic N) is 2. The maximum Gasteiger partial charge on any atom is 0.273 e. The Morgan fingerprint density at radius 2 is 2.29 bits per heavy atom. The quantitative estimate of drug-likeness (QED) is 0.316. The van der Waals surface area contributed by atoms with Crippen molar-refractivity contribution in [2.24, 2.45) is 4.99 Å². The normalized spacial score (nSPS) is 8.93. The van der Waals surface area contributed by atoms with Crippen LogP contribution in [0.4, 0.5) is 11.4 Å². The van der Waals surface area contributed by atoms with Gasteiger partial charge < -0.3 is 4.74 Å². The number of rotatable bonds is 3. The van der Waals surface area contributed by atoms with Crippen molar-refractivity contribution < 1.29 is 14.5 Å². The van der Waals surface area contributed by atoms with E-state index >= 15 is 0 Å². The standard InChI is InChI=1S/C8H6N2O4/c1-14-8-4-6(10(12)13)2-3-7(8)9-5-11/h2-4H,1H3. The van der Waals surface area contributed by atoms with E-state index in [-0.39, 0.29) is 17.1 Å². The van der Waals surface area contributed by atoms with E-state index in [0.717, 1.165) is 0 Å². The molecule has 0 amide bonds. The van der Waals surface area contributed by atoms with E-state index in [0.29, 0.717) is 0 Å². The Morgan fingerprint density at radius 3 is 2.79 bits per heavy atom. The summed E-state index contributed by atoms with van der Waals surface area (Å²) in [5.74, 6) is 0.169. The fourth-order valence-electron chi connectivity index (χ4n) is 0.921. The lowest BCUT2D eigenvalue weighted by Crippen LogP contribution is -1.89. The Morgan fingerprint density at radius 1 is 1.57 bits per heavy atom. The van der Waals surface area contributed by atoms with Crippen molar-refractivity contribution >= 4 is 17.5 Å². The van der Waals surface area contributed by atoms with Gasteiger partial charge in [-0.25, -0.2) is 4.79 Å². The molecule has 0 aromatic heterocycles. The highest BCUT2D eigenvalue weighted by Gasteiger charge is 2.10. The molecule has 0 radical (unpaired) electrons. The molecule has 0 atom stereocenters. The Hall–Kier alpha value is -2.20. The average molecular weight is 194 g/mol. The first-order valence-electron chi connectivity index (χ1n) is 3.59. The molecule has 0 saturated carbocycles. The third kappa shape index (κ3) is 1.94. The van der Waals surface area contributed by atoms with Crippen LogP contribution in [-0.2, 0) is 4.79 Å². The number of aliphatic imine (C=N–C) groups is 1. The number of isocyanates is 1. The molecule has 72 valence electrons. The minimum atomic E-state index is -0.559. The van der Waals surface area contributed by atoms with Gasteiger partial charge in [0.05, 0.1) is 18.1 Å². The highest BCUT2D eigenvalue weighted by atomic mass is 16.6. The smallest absolute Gasteiger partial charge is 0.273 e. The van der Waals surface area contributed by atoms with Crippen molar-refractivity contribution in [3.63, 3.8) is 0 Å². The first-order chi connectivity index (χ1) is 6.69. The number of methoxy groups -OCH3 is 1. The minimum absolute atomic E-state index is 0.119. The number of nitro groups is 1. The fraction of sp³-hybridized carbons (Fsp3) is 0.125. The summed E-state index contributed by atoms with van der Waals surface area (Å²) < 4.78 is 4.81. The third-order valence-electron chi connectivity index (χ3n) is 1.54. The number of carbonyl (C=O) groups excluding carboxylic acids is 1. The van der Waals surface area contributed by atoms with E-state index in [4.69, 9.17) is 4.74 Å². The van der Waals surface area contributed by atoms with Gasteiger partial charge in [0.25, 0.3) is 5.69 Å². The van der Waals surface area contributed by atoms with Crippen molar-refractivity contribution in [3.05, 3.63) is 28.3 Å². The first kappa shape index (κ1) is 9.88. The first-order valence-corrected chi connectivity index (χ1v) is 3.59. The second-order valence-corrected chi connectivity index (χ2v) is 2.32. The maximum atomic E-state index is 10.4. The molecule has 1 rings (SSSR count). The van der Waals surface area contributed by atoms with Gasteiger partial charge in [-0.1, -0.05) is 0 Å². The zero-order valence-electron chi connectivity index (χ0n) is 7.26. The van der Waals surface area contributed by atoms with Gasteiger partial charge >= 0.3 is 0 Å². The molecule has 6 nitrogen and oxygen atoms in total. The predicted octanol–water partition coefficient (Wildman–Crippen LogP) is 1.57. The van der Waals surface area contributed by atoms with Crippen LogP contribution in [0.25, 0.3) is 0 Å². The highest BCUT2D eigenvalue weighted by molar-refractivity contribution is 5.61. The Bertz CT molecular complexity index is 410. The molecule has 1 aromatic rings. The molecule has 0 aliphatic rings. The average Bonchev–Trinajstić information content (AvgIpc) is 2.18. The van der Waals surface area contributed by atoms with Crippen LogP contribution in [-0.4, -0.2) is 18.1 Å². The Balaban J connectivity index is 3.24. The molecule has 0 saturated heterocycles. The van der Waals surface area contributed by atoms with E-state index in [2.05, 4.69) is 4.99 Å². The summed E-state index contributed by atoms with van der Waals surface area (Å²) >= 11 is 0. The second kappa shape index (κ2) is 4.15. The number of benzene rings is 1. The van der Waals surface area contributed by atoms with Crippen molar-refractivity contribution in [1.82, 2.24) is 0 Å². The molecule has 0 spiro atoms. The van der Waals surface area contributed by atoms with E-state index in [1.165, 1.54) is 31.4 Å². The van der Waals surface area contributed by atoms with Gasteiger partial charge in [0.2, 0.25) is 6.08 Å². The number of non-ortho nitro benzene ring substituents is 1. The van der Waals surface area contributed by atoms with Gasteiger partial charge in [0, 0.05) is 6.07 Å². The highest BCUT2D eigenvalue weighted by Crippen LogP contribution is 2.30. The SMILES string of the molecule is COc1cc([N+](=O)[O-])ccc1N=C=O. The van der Waals surface area contributed by atoms with Crippen LogP contribution in [0.15, 0.2) is 23.2 Å². The molecule has 0 unspecified atom stereocenters. The molecule has 0 N–H and O–H groups in total. The fourth-order valence-corrected chi connectivity index (χ4v) is 0.921. The zero-order chi connectivity index (χ0) is 10.6. The van der Waals surface area contributed by atoms with Gasteiger partial charge in [-0.2, -0.15) is 4.99 Å². The van der Waals surface area contributed by atoms with Crippen LogP contribution in [0.5, 0.6) is 5.75 Å². The third-order valence-corrected chi connectivity index (χ3v) is 1.54. The van der Waals surface area contributed by atoms with Gasteiger partial charge in [0.1, 0.15) is 5.69 Å². The lowest BCUT2D eigenvalue weighted by molar-refractivity contribution is -0.384. The molecular formula is C8H6N2O4. The molecule has 6 heteroatoms. The van der Waals surface area contributed by atoms with Crippen LogP contribution in [0.2, 0.25) is 0 Å². The topological polar surface area (TPSA) is 81.8 Å². The van der Waals surface area contributed by atoms with Crippen molar-refractivity contribution in [2.75, 3.05) is 7.11 Å². The summed E-state index contributed by atoms with van der Waals surface area (Å²) in [6.45, 7) is 0. The van der Waals surface area contributed by atoms with Crippen LogP contribution < -0.4 is 4.74 Å². The van der Waals surface area contributed by atoms with Crippen LogP contribution >= 0.6 is 0 Å². The zero-order valence-corrected chi connectivity index (χ0v) is 7.26. The molecule has 0 aliphatic heterocycles. The van der Waals surface area contributed by atoms with E-state index in [1.807, 2.05) is 0 Å². The van der Waals surface area contributed by atoms with Crippen molar-refractivity contribution in [1.29, 1.82) is 0 Å². The molecule has 0 fully saturated rings. The monoisotopic (exact) mass is 194 g/mol. The van der Waals surface area contributed by atoms with Gasteiger partial charge in [-0.3, -0.25) is 10.1 Å². The molecule has 1 aromatic carbocycles. The number of nitro benzene ring substituents is 1. The Kier molecular flexibility index (Phi) is 2.93. The summed E-state index contributed by atoms with van der Waals surface area (Å²) in [6.07, 6.45) is 1.33. The summed E-state index contributed by atoms with van der Waals surface area (Å²) in [6, 6.07) is 3.75. The van der Waals surface area contributed by atoms with Gasteiger partial charge in [-0.15, -0.1) is 0 Å². The summed E-state index contributed by atoms with van der Waals surface area (Å²) in [5, 5.41) is 10.4. The summed E-state index contributed by atoms with van der Waals surface area (Å²) in [4.78, 5) is 23.1. The van der Waals surface area contributed by atoms with Crippen LogP contribution in [0.1, 0.15) is 0 Å². The molecule has 0 heterocycles. The summed E-state index contributed by atoms with van der Waals surface area (Å²) in [7, 11) is 1.34. The van der Waals surface area contributed by atoms with E-state index < -0.39 is 4.92 Å². The molecule has 14 heavy (non-hydrogen) atoms. The minimum Gasteiger partial charge on any atom is -0.494 e. The maximum absolute atomic E-state index is 10.4. The number of hydrogen-bond acceptors (Lipinski definition) is 5. The lowest BCUT2D eigenvalue weighted by atomic mass is 10.2. The molecular weight excluding hydrogens is 188 g/mol. The van der Waals surface area contributed by atoms with Crippen molar-refractivity contribution in [2.45, 2.75) is 0 Å². The largest absolute Gasteiger partial charge is 0.494 e. The number of ether oxygens (including phenoxy) is 1. The second-order valence-electron chi connectivity index (χ2n) is 2.32. The lowest BCUT2D eigenvalue weighted by Gasteiger charge is -2.01. The van der Waals surface area contributed by atoms with Crippen LogP contribution in [0.3, 0.4) is 0 Å². The van der Waals surface area contributed by atoms with E-state index in [9.17, 15) is 14.9 Å². The summed E-state index contributed by atoms with van der Waals surface area (Å²) in [5.41, 5.74) is 0.0970.